The standard InChI is InChI=1S/C12H12ClF/c13-11-8-10(5-6-12(11)14)7-9-3-1-2-4-9/h5-8H,1-4H2. The molecule has 0 saturated heterocycles. The largest absolute Gasteiger partial charge is 0.205 e. The average Bonchev–Trinajstić information content (AvgIpc) is 2.64. The molecule has 0 radical (unpaired) electrons. The second-order valence-corrected chi connectivity index (χ2v) is 4.09. The molecule has 1 aromatic carbocycles. The highest BCUT2D eigenvalue weighted by atomic mass is 35.5. The van der Waals surface area contributed by atoms with Gasteiger partial charge in [-0.1, -0.05) is 29.3 Å². The lowest BCUT2D eigenvalue weighted by Gasteiger charge is -1.99. The molecule has 0 N–H and O–H groups in total. The minimum absolute atomic E-state index is 0.206. The van der Waals surface area contributed by atoms with Crippen molar-refractivity contribution in [3.05, 3.63) is 40.2 Å². The van der Waals surface area contributed by atoms with Gasteiger partial charge < -0.3 is 0 Å². The van der Waals surface area contributed by atoms with Crippen molar-refractivity contribution in [1.29, 1.82) is 0 Å². The van der Waals surface area contributed by atoms with Gasteiger partial charge in [0.25, 0.3) is 0 Å². The Bertz CT molecular complexity index is 361. The molecule has 0 aliphatic heterocycles. The first kappa shape index (κ1) is 9.72. The molecule has 1 fully saturated rings. The predicted molar refractivity (Wildman–Crippen MR) is 57.9 cm³/mol. The lowest BCUT2D eigenvalue weighted by molar-refractivity contribution is 0.628. The van der Waals surface area contributed by atoms with E-state index >= 15 is 0 Å². The van der Waals surface area contributed by atoms with Crippen LogP contribution < -0.4 is 0 Å². The van der Waals surface area contributed by atoms with Crippen LogP contribution in [0.15, 0.2) is 23.8 Å². The summed E-state index contributed by atoms with van der Waals surface area (Å²) in [7, 11) is 0. The van der Waals surface area contributed by atoms with Gasteiger partial charge in [-0.3, -0.25) is 0 Å². The second-order valence-electron chi connectivity index (χ2n) is 3.68. The van der Waals surface area contributed by atoms with Crippen molar-refractivity contribution in [2.24, 2.45) is 0 Å². The van der Waals surface area contributed by atoms with Gasteiger partial charge in [0.2, 0.25) is 0 Å². The number of allylic oxidation sites excluding steroid dienone is 1. The van der Waals surface area contributed by atoms with Crippen molar-refractivity contribution < 1.29 is 4.39 Å². The number of halogens is 2. The van der Waals surface area contributed by atoms with E-state index in [-0.39, 0.29) is 10.8 Å². The zero-order valence-electron chi connectivity index (χ0n) is 7.89. The molecule has 0 spiro atoms. The minimum Gasteiger partial charge on any atom is -0.205 e. The van der Waals surface area contributed by atoms with Crippen LogP contribution in [0.25, 0.3) is 6.08 Å². The van der Waals surface area contributed by atoms with Crippen molar-refractivity contribution in [2.45, 2.75) is 25.7 Å². The van der Waals surface area contributed by atoms with E-state index in [0.29, 0.717) is 0 Å². The molecular weight excluding hydrogens is 199 g/mol. The van der Waals surface area contributed by atoms with Gasteiger partial charge in [0.15, 0.2) is 0 Å². The molecule has 2 heteroatoms. The SMILES string of the molecule is Fc1ccc(C=C2CCCC2)cc1Cl. The Morgan fingerprint density at radius 2 is 1.93 bits per heavy atom. The molecule has 1 aliphatic rings. The fourth-order valence-electron chi connectivity index (χ4n) is 1.81. The van der Waals surface area contributed by atoms with Gasteiger partial charge in [0.1, 0.15) is 5.82 Å². The molecule has 1 aliphatic carbocycles. The van der Waals surface area contributed by atoms with Crippen molar-refractivity contribution >= 4 is 17.7 Å². The van der Waals surface area contributed by atoms with Crippen molar-refractivity contribution in [3.8, 4) is 0 Å². The van der Waals surface area contributed by atoms with Crippen LogP contribution in [-0.2, 0) is 0 Å². The summed E-state index contributed by atoms with van der Waals surface area (Å²) in [6, 6.07) is 4.87. The molecule has 1 saturated carbocycles. The van der Waals surface area contributed by atoms with Crippen molar-refractivity contribution in [3.63, 3.8) is 0 Å². The zero-order valence-corrected chi connectivity index (χ0v) is 8.65. The molecule has 0 atom stereocenters. The highest BCUT2D eigenvalue weighted by Crippen LogP contribution is 2.27. The number of hydrogen-bond donors (Lipinski definition) is 0. The molecule has 1 aromatic rings. The maximum absolute atomic E-state index is 12.9. The molecule has 74 valence electrons. The first-order valence-corrected chi connectivity index (χ1v) is 5.28. The minimum atomic E-state index is -0.347. The molecule has 2 rings (SSSR count). The maximum Gasteiger partial charge on any atom is 0.141 e. The van der Waals surface area contributed by atoms with Crippen LogP contribution in [0, 0.1) is 5.82 Å². The Hall–Kier alpha value is -0.820. The monoisotopic (exact) mass is 210 g/mol. The van der Waals surface area contributed by atoms with E-state index in [4.69, 9.17) is 11.6 Å². The summed E-state index contributed by atoms with van der Waals surface area (Å²) in [6.07, 6.45) is 7.03. The third-order valence-electron chi connectivity index (χ3n) is 2.56. The summed E-state index contributed by atoms with van der Waals surface area (Å²) < 4.78 is 12.9. The Labute approximate surface area is 88.4 Å². The first-order chi connectivity index (χ1) is 6.75. The van der Waals surface area contributed by atoms with Crippen LogP contribution in [0.3, 0.4) is 0 Å². The van der Waals surface area contributed by atoms with Crippen LogP contribution in [0.5, 0.6) is 0 Å². The second kappa shape index (κ2) is 4.14. The van der Waals surface area contributed by atoms with Gasteiger partial charge in [-0.05, 0) is 43.4 Å². The molecule has 14 heavy (non-hydrogen) atoms. The number of rotatable bonds is 1. The van der Waals surface area contributed by atoms with E-state index in [1.807, 2.05) is 0 Å². The summed E-state index contributed by atoms with van der Waals surface area (Å²) in [5.74, 6) is -0.347. The Morgan fingerprint density at radius 1 is 1.21 bits per heavy atom. The normalized spacial score (nSPS) is 16.0. The predicted octanol–water partition coefficient (Wildman–Crippen LogP) is 4.44. The van der Waals surface area contributed by atoms with E-state index in [1.54, 1.807) is 12.1 Å². The molecular formula is C12H12ClF. The molecule has 0 unspecified atom stereocenters. The van der Waals surface area contributed by atoms with E-state index in [0.717, 1.165) is 5.56 Å². The quantitative estimate of drug-likeness (QED) is 0.643. The number of hydrogen-bond acceptors (Lipinski definition) is 0. The fourth-order valence-corrected chi connectivity index (χ4v) is 2.00. The number of benzene rings is 1. The van der Waals surface area contributed by atoms with Crippen LogP contribution in [0.2, 0.25) is 5.02 Å². The van der Waals surface area contributed by atoms with Crippen LogP contribution in [0.4, 0.5) is 4.39 Å². The van der Waals surface area contributed by atoms with Crippen molar-refractivity contribution in [1.82, 2.24) is 0 Å². The average molecular weight is 211 g/mol. The Morgan fingerprint density at radius 3 is 2.57 bits per heavy atom. The summed E-state index contributed by atoms with van der Waals surface area (Å²) in [5, 5.41) is 0.206. The van der Waals surface area contributed by atoms with Gasteiger partial charge in [0, 0.05) is 0 Å². The third-order valence-corrected chi connectivity index (χ3v) is 2.85. The summed E-state index contributed by atoms with van der Waals surface area (Å²) in [6.45, 7) is 0. The van der Waals surface area contributed by atoms with E-state index in [1.165, 1.54) is 37.3 Å². The third kappa shape index (κ3) is 2.16. The first-order valence-electron chi connectivity index (χ1n) is 4.90. The van der Waals surface area contributed by atoms with Gasteiger partial charge in [0.05, 0.1) is 5.02 Å². The molecule has 0 aromatic heterocycles. The van der Waals surface area contributed by atoms with Gasteiger partial charge in [-0.25, -0.2) is 4.39 Å². The Balaban J connectivity index is 2.24. The highest BCUT2D eigenvalue weighted by molar-refractivity contribution is 6.30. The lowest BCUT2D eigenvalue weighted by Crippen LogP contribution is -1.80. The van der Waals surface area contributed by atoms with Gasteiger partial charge >= 0.3 is 0 Å². The molecule has 0 heterocycles. The van der Waals surface area contributed by atoms with Crippen molar-refractivity contribution in [2.75, 3.05) is 0 Å². The Kier molecular flexibility index (Phi) is 2.87. The smallest absolute Gasteiger partial charge is 0.141 e. The zero-order chi connectivity index (χ0) is 9.97. The van der Waals surface area contributed by atoms with E-state index < -0.39 is 0 Å². The van der Waals surface area contributed by atoms with Crippen LogP contribution >= 0.6 is 11.6 Å². The maximum atomic E-state index is 12.9. The summed E-state index contributed by atoms with van der Waals surface area (Å²) in [5.41, 5.74) is 2.46. The van der Waals surface area contributed by atoms with E-state index in [2.05, 4.69) is 6.08 Å². The fraction of sp³-hybridized carbons (Fsp3) is 0.333. The lowest BCUT2D eigenvalue weighted by atomic mass is 10.1. The van der Waals surface area contributed by atoms with E-state index in [9.17, 15) is 4.39 Å². The summed E-state index contributed by atoms with van der Waals surface area (Å²) >= 11 is 5.70. The molecule has 0 nitrogen and oxygen atoms in total. The van der Waals surface area contributed by atoms with Gasteiger partial charge in [-0.15, -0.1) is 0 Å². The molecule has 0 amide bonds. The summed E-state index contributed by atoms with van der Waals surface area (Å²) in [4.78, 5) is 0. The van der Waals surface area contributed by atoms with Crippen LogP contribution in [-0.4, -0.2) is 0 Å². The highest BCUT2D eigenvalue weighted by Gasteiger charge is 2.06. The molecule has 0 bridgehead atoms. The topological polar surface area (TPSA) is 0 Å². The van der Waals surface area contributed by atoms with Gasteiger partial charge in [-0.2, -0.15) is 0 Å². The van der Waals surface area contributed by atoms with Crippen LogP contribution in [0.1, 0.15) is 31.2 Å².